The molecular weight excluding hydrogens is 402 g/mol. The molecule has 0 atom stereocenters. The van der Waals surface area contributed by atoms with E-state index in [-0.39, 0.29) is 17.9 Å². The normalized spacial score (nSPS) is 10.8. The van der Waals surface area contributed by atoms with Gasteiger partial charge in [0.15, 0.2) is 0 Å². The fourth-order valence-corrected chi connectivity index (χ4v) is 4.30. The van der Waals surface area contributed by atoms with Gasteiger partial charge in [0.05, 0.1) is 15.6 Å². The second-order valence-electron chi connectivity index (χ2n) is 6.19. The number of amides is 2. The van der Waals surface area contributed by atoms with Gasteiger partial charge in [-0.3, -0.25) is 9.59 Å². The van der Waals surface area contributed by atoms with E-state index in [0.29, 0.717) is 22.1 Å². The quantitative estimate of drug-likeness (QED) is 0.600. The van der Waals surface area contributed by atoms with Gasteiger partial charge in [-0.2, -0.15) is 0 Å². The Bertz CT molecular complexity index is 948. The molecule has 0 bridgehead atoms. The number of hydrogen-bond donors (Lipinski definition) is 2. The summed E-state index contributed by atoms with van der Waals surface area (Å²) in [7, 11) is 0. The van der Waals surface area contributed by atoms with Crippen molar-refractivity contribution in [2.45, 2.75) is 26.3 Å². The number of halogens is 1. The van der Waals surface area contributed by atoms with Crippen molar-refractivity contribution in [1.82, 2.24) is 10.3 Å². The Morgan fingerprint density at radius 2 is 1.89 bits per heavy atom. The number of nitrogens with zero attached hydrogens (tertiary/aromatic N) is 1. The molecule has 0 spiro atoms. The Kier molecular flexibility index (Phi) is 6.26. The Labute approximate surface area is 170 Å². The van der Waals surface area contributed by atoms with Crippen LogP contribution in [0.25, 0.3) is 9.88 Å². The third-order valence-electron chi connectivity index (χ3n) is 3.55. The maximum atomic E-state index is 12.4. The lowest BCUT2D eigenvalue weighted by atomic mass is 10.1. The number of benzene rings is 1. The van der Waals surface area contributed by atoms with Crippen molar-refractivity contribution in [3.8, 4) is 9.88 Å². The lowest BCUT2D eigenvalue weighted by Gasteiger charge is -2.09. The summed E-state index contributed by atoms with van der Waals surface area (Å²) in [5.74, 6) is -0.295. The molecule has 2 N–H and O–H groups in total. The zero-order chi connectivity index (χ0) is 19.4. The summed E-state index contributed by atoms with van der Waals surface area (Å²) in [6.45, 7) is 3.85. The summed E-state index contributed by atoms with van der Waals surface area (Å²) >= 11 is 8.78. The van der Waals surface area contributed by atoms with Crippen LogP contribution >= 0.6 is 34.3 Å². The molecule has 0 aliphatic heterocycles. The Balaban J connectivity index is 1.61. The highest BCUT2D eigenvalue weighted by Gasteiger charge is 2.13. The number of hydrogen-bond acceptors (Lipinski definition) is 5. The summed E-state index contributed by atoms with van der Waals surface area (Å²) in [6, 6.07) is 11.0. The van der Waals surface area contributed by atoms with Crippen molar-refractivity contribution in [3.63, 3.8) is 0 Å². The molecule has 0 saturated carbocycles. The van der Waals surface area contributed by atoms with Gasteiger partial charge in [0, 0.05) is 17.1 Å². The zero-order valence-corrected chi connectivity index (χ0v) is 17.2. The highest BCUT2D eigenvalue weighted by atomic mass is 35.5. The van der Waals surface area contributed by atoms with Crippen molar-refractivity contribution in [2.75, 3.05) is 5.32 Å². The largest absolute Gasteiger partial charge is 0.354 e. The standard InChI is InChI=1S/C19H18ClN3O2S2/c1-11(2)21-17(24)9-12-3-5-13(6-4-12)22-18(25)14-10-26-19(23-14)15-7-8-16(20)27-15/h3-8,10-11H,9H2,1-2H3,(H,21,24)(H,22,25). The maximum absolute atomic E-state index is 12.4. The molecule has 3 aromatic rings. The number of carbonyl (C=O) groups is 2. The highest BCUT2D eigenvalue weighted by Crippen LogP contribution is 2.33. The third-order valence-corrected chi connectivity index (χ3v) is 5.79. The Morgan fingerprint density at radius 3 is 2.52 bits per heavy atom. The minimum absolute atomic E-state index is 0.0227. The van der Waals surface area contributed by atoms with Crippen molar-refractivity contribution in [3.05, 3.63) is 57.4 Å². The molecule has 0 radical (unpaired) electrons. The van der Waals surface area contributed by atoms with E-state index in [2.05, 4.69) is 15.6 Å². The van der Waals surface area contributed by atoms with E-state index < -0.39 is 0 Å². The maximum Gasteiger partial charge on any atom is 0.275 e. The third kappa shape index (κ3) is 5.38. The fourth-order valence-electron chi connectivity index (χ4n) is 2.38. The van der Waals surface area contributed by atoms with Crippen LogP contribution in [-0.2, 0) is 11.2 Å². The lowest BCUT2D eigenvalue weighted by molar-refractivity contribution is -0.120. The van der Waals surface area contributed by atoms with Gasteiger partial charge in [-0.25, -0.2) is 4.98 Å². The first-order chi connectivity index (χ1) is 12.9. The lowest BCUT2D eigenvalue weighted by Crippen LogP contribution is -2.31. The Morgan fingerprint density at radius 1 is 1.15 bits per heavy atom. The SMILES string of the molecule is CC(C)NC(=O)Cc1ccc(NC(=O)c2csc(-c3ccc(Cl)s3)n2)cc1. The van der Waals surface area contributed by atoms with Crippen LogP contribution in [0.3, 0.4) is 0 Å². The van der Waals surface area contributed by atoms with Gasteiger partial charge < -0.3 is 10.6 Å². The molecule has 27 heavy (non-hydrogen) atoms. The van der Waals surface area contributed by atoms with E-state index >= 15 is 0 Å². The van der Waals surface area contributed by atoms with Crippen LogP contribution < -0.4 is 10.6 Å². The van der Waals surface area contributed by atoms with E-state index in [9.17, 15) is 9.59 Å². The number of nitrogens with one attached hydrogen (secondary N) is 2. The molecule has 0 unspecified atom stereocenters. The molecule has 3 rings (SSSR count). The molecule has 2 heterocycles. The number of thiophene rings is 1. The van der Waals surface area contributed by atoms with Crippen LogP contribution in [0.2, 0.25) is 4.34 Å². The molecule has 0 aliphatic rings. The van der Waals surface area contributed by atoms with E-state index in [4.69, 9.17) is 11.6 Å². The number of aromatic nitrogens is 1. The number of anilines is 1. The number of carbonyl (C=O) groups excluding carboxylic acids is 2. The predicted octanol–water partition coefficient (Wildman–Crippen LogP) is 4.84. The molecule has 8 heteroatoms. The van der Waals surface area contributed by atoms with E-state index in [1.165, 1.54) is 22.7 Å². The summed E-state index contributed by atoms with van der Waals surface area (Å²) in [5, 5.41) is 8.17. The second kappa shape index (κ2) is 8.65. The molecule has 1 aromatic carbocycles. The smallest absolute Gasteiger partial charge is 0.275 e. The topological polar surface area (TPSA) is 71.1 Å². The first-order valence-corrected chi connectivity index (χ1v) is 10.4. The summed E-state index contributed by atoms with van der Waals surface area (Å²) in [4.78, 5) is 29.5. The van der Waals surface area contributed by atoms with Gasteiger partial charge >= 0.3 is 0 Å². The van der Waals surface area contributed by atoms with Crippen molar-refractivity contribution in [2.24, 2.45) is 0 Å². The average molecular weight is 420 g/mol. The summed E-state index contributed by atoms with van der Waals surface area (Å²) in [6.07, 6.45) is 0.311. The van der Waals surface area contributed by atoms with Gasteiger partial charge in [0.2, 0.25) is 5.91 Å². The van der Waals surface area contributed by atoms with E-state index in [0.717, 1.165) is 15.4 Å². The van der Waals surface area contributed by atoms with Crippen LogP contribution in [0.1, 0.15) is 29.9 Å². The molecule has 140 valence electrons. The van der Waals surface area contributed by atoms with Crippen molar-refractivity contribution in [1.29, 1.82) is 0 Å². The fraction of sp³-hybridized carbons (Fsp3) is 0.211. The monoisotopic (exact) mass is 419 g/mol. The molecule has 0 fully saturated rings. The minimum atomic E-state index is -0.273. The summed E-state index contributed by atoms with van der Waals surface area (Å²) < 4.78 is 0.688. The predicted molar refractivity (Wildman–Crippen MR) is 112 cm³/mol. The number of thiazole rings is 1. The Hall–Kier alpha value is -2.22. The van der Waals surface area contributed by atoms with Crippen molar-refractivity contribution >= 4 is 51.8 Å². The van der Waals surface area contributed by atoms with Crippen LogP contribution in [0, 0.1) is 0 Å². The van der Waals surface area contributed by atoms with Gasteiger partial charge in [0.1, 0.15) is 10.7 Å². The van der Waals surface area contributed by atoms with Crippen LogP contribution in [0.15, 0.2) is 41.8 Å². The van der Waals surface area contributed by atoms with Gasteiger partial charge in [-0.05, 0) is 43.7 Å². The second-order valence-corrected chi connectivity index (χ2v) is 8.76. The first-order valence-electron chi connectivity index (χ1n) is 8.31. The molecule has 2 aromatic heterocycles. The number of rotatable bonds is 6. The van der Waals surface area contributed by atoms with Crippen LogP contribution in [-0.4, -0.2) is 22.8 Å². The average Bonchev–Trinajstić information content (AvgIpc) is 3.24. The minimum Gasteiger partial charge on any atom is -0.354 e. The molecule has 0 aliphatic carbocycles. The molecule has 2 amide bonds. The molecular formula is C19H18ClN3O2S2. The van der Waals surface area contributed by atoms with Gasteiger partial charge in [0.25, 0.3) is 5.91 Å². The molecule has 0 saturated heterocycles. The van der Waals surface area contributed by atoms with Gasteiger partial charge in [-0.1, -0.05) is 23.7 Å². The van der Waals surface area contributed by atoms with Gasteiger partial charge in [-0.15, -0.1) is 22.7 Å². The van der Waals surface area contributed by atoms with E-state index in [1.807, 2.05) is 38.1 Å². The zero-order valence-electron chi connectivity index (χ0n) is 14.8. The summed E-state index contributed by atoms with van der Waals surface area (Å²) in [5.41, 5.74) is 1.90. The van der Waals surface area contributed by atoms with Crippen LogP contribution in [0.5, 0.6) is 0 Å². The highest BCUT2D eigenvalue weighted by molar-refractivity contribution is 7.23. The van der Waals surface area contributed by atoms with Crippen molar-refractivity contribution < 1.29 is 9.59 Å². The molecule has 5 nitrogen and oxygen atoms in total. The van der Waals surface area contributed by atoms with Crippen LogP contribution in [0.4, 0.5) is 5.69 Å². The van der Waals surface area contributed by atoms with E-state index in [1.54, 1.807) is 17.5 Å². The first kappa shape index (κ1) is 19.5.